The van der Waals surface area contributed by atoms with Crippen molar-refractivity contribution in [1.29, 1.82) is 0 Å². The van der Waals surface area contributed by atoms with Crippen molar-refractivity contribution < 1.29 is 14.3 Å². The van der Waals surface area contributed by atoms with Crippen molar-refractivity contribution in [3.63, 3.8) is 0 Å². The predicted octanol–water partition coefficient (Wildman–Crippen LogP) is 1.93. The molecule has 21 heavy (non-hydrogen) atoms. The molecule has 1 aromatic carbocycles. The molecule has 1 heterocycles. The van der Waals surface area contributed by atoms with Crippen molar-refractivity contribution >= 4 is 5.91 Å². The van der Waals surface area contributed by atoms with E-state index in [1.54, 1.807) is 20.3 Å². The maximum Gasteiger partial charge on any atom is 0.224 e. The van der Waals surface area contributed by atoms with Gasteiger partial charge in [0.25, 0.3) is 0 Å². The number of carbonyl (C=O) groups excluding carboxylic acids is 1. The number of aromatic amines is 1. The molecule has 5 nitrogen and oxygen atoms in total. The minimum Gasteiger partial charge on any atom is -0.493 e. The van der Waals surface area contributed by atoms with Crippen LogP contribution in [0.4, 0.5) is 0 Å². The molecule has 0 saturated heterocycles. The molecule has 112 valence electrons. The zero-order valence-corrected chi connectivity index (χ0v) is 12.3. The van der Waals surface area contributed by atoms with E-state index in [4.69, 9.17) is 9.47 Å². The molecule has 2 rings (SSSR count). The minimum absolute atomic E-state index is 0.00208. The van der Waals surface area contributed by atoms with Crippen LogP contribution < -0.4 is 14.8 Å². The number of methoxy groups -OCH3 is 2. The van der Waals surface area contributed by atoms with Gasteiger partial charge in [0.2, 0.25) is 5.91 Å². The Kier molecular flexibility index (Phi) is 5.26. The van der Waals surface area contributed by atoms with E-state index in [-0.39, 0.29) is 5.91 Å². The highest BCUT2D eigenvalue weighted by molar-refractivity contribution is 5.78. The van der Waals surface area contributed by atoms with Crippen LogP contribution in [-0.4, -0.2) is 31.7 Å². The van der Waals surface area contributed by atoms with Crippen LogP contribution in [0.15, 0.2) is 36.7 Å². The first-order valence-corrected chi connectivity index (χ1v) is 6.82. The maximum atomic E-state index is 11.9. The number of benzene rings is 1. The van der Waals surface area contributed by atoms with Crippen LogP contribution in [0, 0.1) is 0 Å². The maximum absolute atomic E-state index is 11.9. The van der Waals surface area contributed by atoms with Crippen LogP contribution in [0.1, 0.15) is 11.1 Å². The van der Waals surface area contributed by atoms with E-state index in [1.165, 1.54) is 5.56 Å². The topological polar surface area (TPSA) is 63.3 Å². The third kappa shape index (κ3) is 4.27. The summed E-state index contributed by atoms with van der Waals surface area (Å²) in [5.41, 5.74) is 2.08. The third-order valence-corrected chi connectivity index (χ3v) is 3.21. The Morgan fingerprint density at radius 3 is 2.62 bits per heavy atom. The van der Waals surface area contributed by atoms with Crippen molar-refractivity contribution in [3.8, 4) is 11.5 Å². The fourth-order valence-electron chi connectivity index (χ4n) is 2.10. The Labute approximate surface area is 124 Å². The van der Waals surface area contributed by atoms with Crippen LogP contribution >= 0.6 is 0 Å². The fourth-order valence-corrected chi connectivity index (χ4v) is 2.10. The molecule has 2 aromatic rings. The van der Waals surface area contributed by atoms with Crippen LogP contribution in [-0.2, 0) is 17.6 Å². The van der Waals surface area contributed by atoms with Crippen LogP contribution in [0.5, 0.6) is 11.5 Å². The third-order valence-electron chi connectivity index (χ3n) is 3.21. The van der Waals surface area contributed by atoms with E-state index in [0.717, 1.165) is 12.0 Å². The molecular formula is C16H20N2O3. The summed E-state index contributed by atoms with van der Waals surface area (Å²) in [6.07, 6.45) is 4.95. The molecule has 0 aliphatic rings. The molecule has 0 radical (unpaired) electrons. The first kappa shape index (κ1) is 15.0. The van der Waals surface area contributed by atoms with Crippen molar-refractivity contribution in [2.24, 2.45) is 0 Å². The smallest absolute Gasteiger partial charge is 0.224 e. The Bertz CT molecular complexity index is 579. The lowest BCUT2D eigenvalue weighted by Gasteiger charge is -2.09. The van der Waals surface area contributed by atoms with E-state index in [9.17, 15) is 4.79 Å². The summed E-state index contributed by atoms with van der Waals surface area (Å²) in [5, 5.41) is 2.91. The lowest BCUT2D eigenvalue weighted by atomic mass is 10.1. The number of nitrogens with one attached hydrogen (secondary N) is 2. The standard InChI is InChI=1S/C16H20N2O3/c1-20-14-4-3-13(9-15(14)21-2)10-16(19)18-8-6-12-5-7-17-11-12/h3-5,7,9,11,17H,6,8,10H2,1-2H3,(H,18,19). The van der Waals surface area contributed by atoms with Gasteiger partial charge >= 0.3 is 0 Å². The van der Waals surface area contributed by atoms with E-state index in [2.05, 4.69) is 10.3 Å². The van der Waals surface area contributed by atoms with E-state index in [1.807, 2.05) is 30.6 Å². The van der Waals surface area contributed by atoms with E-state index in [0.29, 0.717) is 24.5 Å². The highest BCUT2D eigenvalue weighted by atomic mass is 16.5. The number of H-pyrrole nitrogens is 1. The number of rotatable bonds is 7. The van der Waals surface area contributed by atoms with Crippen LogP contribution in [0.25, 0.3) is 0 Å². The second kappa shape index (κ2) is 7.38. The zero-order valence-electron chi connectivity index (χ0n) is 12.3. The van der Waals surface area contributed by atoms with E-state index >= 15 is 0 Å². The van der Waals surface area contributed by atoms with Gasteiger partial charge in [-0.25, -0.2) is 0 Å². The monoisotopic (exact) mass is 288 g/mol. The quantitative estimate of drug-likeness (QED) is 0.818. The predicted molar refractivity (Wildman–Crippen MR) is 80.8 cm³/mol. The Morgan fingerprint density at radius 2 is 1.95 bits per heavy atom. The number of hydrogen-bond donors (Lipinski definition) is 2. The van der Waals surface area contributed by atoms with Crippen LogP contribution in [0.2, 0.25) is 0 Å². The van der Waals surface area contributed by atoms with Gasteiger partial charge in [0.15, 0.2) is 11.5 Å². The van der Waals surface area contributed by atoms with E-state index < -0.39 is 0 Å². The molecule has 0 fully saturated rings. The fraction of sp³-hybridized carbons (Fsp3) is 0.312. The molecule has 5 heteroatoms. The van der Waals surface area contributed by atoms with Gasteiger partial charge < -0.3 is 19.8 Å². The molecule has 0 spiro atoms. The molecule has 0 saturated carbocycles. The molecule has 0 aliphatic heterocycles. The van der Waals surface area contributed by atoms with Gasteiger partial charge in [-0.2, -0.15) is 0 Å². The van der Waals surface area contributed by atoms with Crippen LogP contribution in [0.3, 0.4) is 0 Å². The highest BCUT2D eigenvalue weighted by Gasteiger charge is 2.08. The number of hydrogen-bond acceptors (Lipinski definition) is 3. The molecule has 0 aliphatic carbocycles. The normalized spacial score (nSPS) is 10.2. The first-order chi connectivity index (χ1) is 10.2. The van der Waals surface area contributed by atoms with Crippen molar-refractivity contribution in [2.45, 2.75) is 12.8 Å². The number of carbonyl (C=O) groups is 1. The lowest BCUT2D eigenvalue weighted by molar-refractivity contribution is -0.120. The Hall–Kier alpha value is -2.43. The zero-order chi connectivity index (χ0) is 15.1. The molecule has 0 bridgehead atoms. The van der Waals surface area contributed by atoms with Crippen molar-refractivity contribution in [2.75, 3.05) is 20.8 Å². The van der Waals surface area contributed by atoms with Gasteiger partial charge in [-0.15, -0.1) is 0 Å². The minimum atomic E-state index is -0.00208. The summed E-state index contributed by atoms with van der Waals surface area (Å²) in [6, 6.07) is 7.50. The summed E-state index contributed by atoms with van der Waals surface area (Å²) in [6.45, 7) is 0.629. The van der Waals surface area contributed by atoms with Gasteiger partial charge in [-0.05, 0) is 35.7 Å². The number of amides is 1. The Morgan fingerprint density at radius 1 is 1.14 bits per heavy atom. The molecule has 0 unspecified atom stereocenters. The van der Waals surface area contributed by atoms with Gasteiger partial charge in [0.05, 0.1) is 20.6 Å². The highest BCUT2D eigenvalue weighted by Crippen LogP contribution is 2.27. The SMILES string of the molecule is COc1ccc(CC(=O)NCCc2cc[nH]c2)cc1OC. The van der Waals surface area contributed by atoms with Crippen molar-refractivity contribution in [1.82, 2.24) is 10.3 Å². The molecular weight excluding hydrogens is 268 g/mol. The van der Waals surface area contributed by atoms with Crippen molar-refractivity contribution in [3.05, 3.63) is 47.8 Å². The Balaban J connectivity index is 1.84. The second-order valence-corrected chi connectivity index (χ2v) is 4.69. The van der Waals surface area contributed by atoms with Gasteiger partial charge in [0, 0.05) is 18.9 Å². The average Bonchev–Trinajstić information content (AvgIpc) is 3.00. The summed E-state index contributed by atoms with van der Waals surface area (Å²) in [5.74, 6) is 1.29. The first-order valence-electron chi connectivity index (χ1n) is 6.82. The summed E-state index contributed by atoms with van der Waals surface area (Å²) in [7, 11) is 3.17. The summed E-state index contributed by atoms with van der Waals surface area (Å²) >= 11 is 0. The average molecular weight is 288 g/mol. The van der Waals surface area contributed by atoms with Gasteiger partial charge in [-0.3, -0.25) is 4.79 Å². The summed E-state index contributed by atoms with van der Waals surface area (Å²) < 4.78 is 10.4. The molecule has 1 amide bonds. The molecule has 2 N–H and O–H groups in total. The second-order valence-electron chi connectivity index (χ2n) is 4.69. The van der Waals surface area contributed by atoms with Gasteiger partial charge in [-0.1, -0.05) is 6.07 Å². The number of ether oxygens (including phenoxy) is 2. The summed E-state index contributed by atoms with van der Waals surface area (Å²) in [4.78, 5) is 14.9. The number of aromatic nitrogens is 1. The van der Waals surface area contributed by atoms with Gasteiger partial charge in [0.1, 0.15) is 0 Å². The molecule has 1 aromatic heterocycles. The molecule has 0 atom stereocenters. The lowest BCUT2D eigenvalue weighted by Crippen LogP contribution is -2.27. The largest absolute Gasteiger partial charge is 0.493 e.